The van der Waals surface area contributed by atoms with Crippen LogP contribution in [-0.2, 0) is 9.47 Å². The second kappa shape index (κ2) is 7.27. The summed E-state index contributed by atoms with van der Waals surface area (Å²) in [4.78, 5) is 14.0. The van der Waals surface area contributed by atoms with E-state index in [1.54, 1.807) is 4.90 Å². The molecule has 1 saturated carbocycles. The summed E-state index contributed by atoms with van der Waals surface area (Å²) < 4.78 is 10.4. The first-order valence-electron chi connectivity index (χ1n) is 7.49. The van der Waals surface area contributed by atoms with Gasteiger partial charge in [0.05, 0.1) is 0 Å². The van der Waals surface area contributed by atoms with Gasteiger partial charge in [0.25, 0.3) is 0 Å². The first-order valence-corrected chi connectivity index (χ1v) is 7.49. The molecular weight excluding hydrogens is 258 g/mol. The number of carbonyl (C=O) groups is 1. The molecule has 5 heteroatoms. The molecule has 1 amide bonds. The Balaban J connectivity index is 2.54. The summed E-state index contributed by atoms with van der Waals surface area (Å²) in [6.07, 6.45) is 2.59. The molecule has 0 aliphatic heterocycles. The smallest absolute Gasteiger partial charge is 0.410 e. The summed E-state index contributed by atoms with van der Waals surface area (Å²) in [6, 6.07) is 0.204. The molecule has 1 rings (SSSR count). The van der Waals surface area contributed by atoms with Gasteiger partial charge in [0, 0.05) is 25.6 Å². The van der Waals surface area contributed by atoms with Crippen molar-refractivity contribution in [2.45, 2.75) is 71.3 Å². The molecule has 1 unspecified atom stereocenters. The summed E-state index contributed by atoms with van der Waals surface area (Å²) in [5.74, 6) is 0.175. The van der Waals surface area contributed by atoms with Crippen molar-refractivity contribution in [2.24, 2.45) is 5.92 Å². The maximum atomic E-state index is 12.2. The van der Waals surface area contributed by atoms with E-state index in [0.717, 1.165) is 25.7 Å². The second-order valence-electron chi connectivity index (χ2n) is 6.46. The molecule has 0 bridgehead atoms. The van der Waals surface area contributed by atoms with E-state index in [9.17, 15) is 9.90 Å². The summed E-state index contributed by atoms with van der Waals surface area (Å²) >= 11 is 0. The molecule has 1 aliphatic carbocycles. The first-order chi connectivity index (χ1) is 9.28. The molecule has 0 heterocycles. The molecular formula is C15H29NO4. The number of carbonyl (C=O) groups excluding carboxylic acids is 1. The Kier molecular flexibility index (Phi) is 6.27. The highest BCUT2D eigenvalue weighted by molar-refractivity contribution is 5.68. The minimum atomic E-state index is -0.687. The molecule has 0 aromatic carbocycles. The topological polar surface area (TPSA) is 59.0 Å². The molecule has 1 N–H and O–H groups in total. The SMILES string of the molecule is CCN(C(=O)OC(C)(C)C)C1CCC(C(O)OC)CC1. The van der Waals surface area contributed by atoms with Gasteiger partial charge in [0.15, 0.2) is 6.29 Å². The van der Waals surface area contributed by atoms with Crippen molar-refractivity contribution >= 4 is 6.09 Å². The van der Waals surface area contributed by atoms with Gasteiger partial charge in [-0.2, -0.15) is 0 Å². The molecule has 0 radical (unpaired) electrons. The van der Waals surface area contributed by atoms with Crippen molar-refractivity contribution in [3.05, 3.63) is 0 Å². The summed E-state index contributed by atoms with van der Waals surface area (Å²) in [5.41, 5.74) is -0.464. The van der Waals surface area contributed by atoms with E-state index >= 15 is 0 Å². The number of hydrogen-bond acceptors (Lipinski definition) is 4. The molecule has 20 heavy (non-hydrogen) atoms. The average Bonchev–Trinajstić information content (AvgIpc) is 2.37. The quantitative estimate of drug-likeness (QED) is 0.808. The number of methoxy groups -OCH3 is 1. The van der Waals surface area contributed by atoms with Crippen LogP contribution in [0.25, 0.3) is 0 Å². The van der Waals surface area contributed by atoms with Gasteiger partial charge >= 0.3 is 6.09 Å². The number of amides is 1. The van der Waals surface area contributed by atoms with Gasteiger partial charge in [0.2, 0.25) is 0 Å². The Morgan fingerprint density at radius 3 is 2.25 bits per heavy atom. The summed E-state index contributed by atoms with van der Waals surface area (Å²) in [7, 11) is 1.52. The lowest BCUT2D eigenvalue weighted by Crippen LogP contribution is -2.45. The van der Waals surface area contributed by atoms with Gasteiger partial charge in [0.1, 0.15) is 5.60 Å². The number of ether oxygens (including phenoxy) is 2. The van der Waals surface area contributed by atoms with Gasteiger partial charge < -0.3 is 19.5 Å². The number of nitrogens with zero attached hydrogens (tertiary/aromatic N) is 1. The van der Waals surface area contributed by atoms with Crippen LogP contribution < -0.4 is 0 Å². The Morgan fingerprint density at radius 1 is 1.30 bits per heavy atom. The third-order valence-electron chi connectivity index (χ3n) is 3.80. The van der Waals surface area contributed by atoms with Gasteiger partial charge in [-0.3, -0.25) is 0 Å². The number of aliphatic hydroxyl groups excluding tert-OH is 1. The van der Waals surface area contributed by atoms with E-state index < -0.39 is 11.9 Å². The monoisotopic (exact) mass is 287 g/mol. The zero-order chi connectivity index (χ0) is 15.3. The lowest BCUT2D eigenvalue weighted by molar-refractivity contribution is -0.123. The Bertz CT molecular complexity index is 305. The van der Waals surface area contributed by atoms with Crippen molar-refractivity contribution in [3.8, 4) is 0 Å². The molecule has 5 nitrogen and oxygen atoms in total. The normalized spacial score (nSPS) is 25.1. The van der Waals surface area contributed by atoms with E-state index in [0.29, 0.717) is 6.54 Å². The van der Waals surface area contributed by atoms with Crippen LogP contribution in [0.3, 0.4) is 0 Å². The number of rotatable bonds is 4. The summed E-state index contributed by atoms with van der Waals surface area (Å²) in [5, 5.41) is 9.70. The molecule has 0 spiro atoms. The zero-order valence-corrected chi connectivity index (χ0v) is 13.4. The fourth-order valence-corrected chi connectivity index (χ4v) is 2.75. The van der Waals surface area contributed by atoms with Crippen LogP contribution in [-0.4, -0.2) is 47.7 Å². The molecule has 118 valence electrons. The van der Waals surface area contributed by atoms with Gasteiger partial charge in [-0.05, 0) is 53.4 Å². The lowest BCUT2D eigenvalue weighted by atomic mass is 9.85. The fraction of sp³-hybridized carbons (Fsp3) is 0.933. The highest BCUT2D eigenvalue weighted by Crippen LogP contribution is 2.30. The van der Waals surface area contributed by atoms with Crippen molar-refractivity contribution < 1.29 is 19.4 Å². The molecule has 1 fully saturated rings. The van der Waals surface area contributed by atoms with Crippen LogP contribution in [0.1, 0.15) is 53.4 Å². The van der Waals surface area contributed by atoms with Gasteiger partial charge in [-0.15, -0.1) is 0 Å². The van der Waals surface area contributed by atoms with Crippen molar-refractivity contribution in [2.75, 3.05) is 13.7 Å². The van der Waals surface area contributed by atoms with E-state index in [-0.39, 0.29) is 18.1 Å². The average molecular weight is 287 g/mol. The van der Waals surface area contributed by atoms with Gasteiger partial charge in [-0.1, -0.05) is 0 Å². The maximum Gasteiger partial charge on any atom is 0.410 e. The molecule has 0 aromatic rings. The van der Waals surface area contributed by atoms with Crippen molar-refractivity contribution in [1.82, 2.24) is 4.90 Å². The standard InChI is InChI=1S/C15H29NO4/c1-6-16(14(18)20-15(2,3)4)12-9-7-11(8-10-12)13(17)19-5/h11-13,17H,6-10H2,1-5H3. The minimum Gasteiger partial charge on any atom is -0.444 e. The third kappa shape index (κ3) is 4.94. The first kappa shape index (κ1) is 17.2. The predicted molar refractivity (Wildman–Crippen MR) is 77.4 cm³/mol. The zero-order valence-electron chi connectivity index (χ0n) is 13.4. The van der Waals surface area contributed by atoms with Crippen LogP contribution in [0.4, 0.5) is 4.79 Å². The molecule has 0 aromatic heterocycles. The summed E-state index contributed by atoms with van der Waals surface area (Å²) in [6.45, 7) is 8.26. The Morgan fingerprint density at radius 2 is 1.85 bits per heavy atom. The lowest BCUT2D eigenvalue weighted by Gasteiger charge is -2.37. The van der Waals surface area contributed by atoms with Crippen molar-refractivity contribution in [1.29, 1.82) is 0 Å². The van der Waals surface area contributed by atoms with Crippen molar-refractivity contribution in [3.63, 3.8) is 0 Å². The predicted octanol–water partition coefficient (Wildman–Crippen LogP) is 2.77. The molecule has 1 atom stereocenters. The second-order valence-corrected chi connectivity index (χ2v) is 6.46. The number of aliphatic hydroxyl groups is 1. The highest BCUT2D eigenvalue weighted by Gasteiger charge is 2.32. The van der Waals surface area contributed by atoms with Crippen LogP contribution in [0.5, 0.6) is 0 Å². The van der Waals surface area contributed by atoms with E-state index in [1.165, 1.54) is 7.11 Å². The van der Waals surface area contributed by atoms with Crippen LogP contribution in [0, 0.1) is 5.92 Å². The van der Waals surface area contributed by atoms with Crippen LogP contribution in [0.15, 0.2) is 0 Å². The maximum absolute atomic E-state index is 12.2. The Labute approximate surface area is 122 Å². The molecule has 1 aliphatic rings. The minimum absolute atomic E-state index is 0.175. The van der Waals surface area contributed by atoms with E-state index in [4.69, 9.17) is 9.47 Å². The van der Waals surface area contributed by atoms with E-state index in [1.807, 2.05) is 27.7 Å². The Hall–Kier alpha value is -0.810. The van der Waals surface area contributed by atoms with Crippen LogP contribution in [0.2, 0.25) is 0 Å². The number of hydrogen-bond donors (Lipinski definition) is 1. The molecule has 0 saturated heterocycles. The van der Waals surface area contributed by atoms with Gasteiger partial charge in [-0.25, -0.2) is 4.79 Å². The largest absolute Gasteiger partial charge is 0.444 e. The third-order valence-corrected chi connectivity index (χ3v) is 3.80. The highest BCUT2D eigenvalue weighted by atomic mass is 16.6. The van der Waals surface area contributed by atoms with Crippen LogP contribution >= 0.6 is 0 Å². The van der Waals surface area contributed by atoms with E-state index in [2.05, 4.69) is 0 Å². The fourth-order valence-electron chi connectivity index (χ4n) is 2.75.